The molecular weight excluding hydrogens is 324 g/mol. The standard InChI is InChI=1S/C17H18N4O2S/c1-3-20-10-13(9-18-20)11-21-16(22)15(19-17(21)24)8-12(2)7-14-5-4-6-23-14/h4-10H,3,11H2,1-2H3,(H,19,24)/b12-7+,15-8+. The average Bonchev–Trinajstić information content (AvgIpc) is 3.26. The van der Waals surface area contributed by atoms with Crippen LogP contribution in [0.3, 0.4) is 0 Å². The zero-order chi connectivity index (χ0) is 17.1. The molecule has 2 aromatic heterocycles. The molecule has 3 rings (SSSR count). The maximum absolute atomic E-state index is 12.6. The molecule has 0 aromatic carbocycles. The predicted octanol–water partition coefficient (Wildman–Crippen LogP) is 2.70. The van der Waals surface area contributed by atoms with Crippen LogP contribution in [0.1, 0.15) is 25.2 Å². The van der Waals surface area contributed by atoms with E-state index in [2.05, 4.69) is 10.4 Å². The second-order valence-electron chi connectivity index (χ2n) is 5.49. The topological polar surface area (TPSA) is 63.3 Å². The van der Waals surface area contributed by atoms with Gasteiger partial charge >= 0.3 is 0 Å². The van der Waals surface area contributed by atoms with Crippen molar-refractivity contribution in [1.29, 1.82) is 0 Å². The Bertz CT molecular complexity index is 818. The molecular formula is C17H18N4O2S. The molecule has 0 unspecified atom stereocenters. The fraction of sp³-hybridized carbons (Fsp3) is 0.235. The fourth-order valence-electron chi connectivity index (χ4n) is 2.43. The van der Waals surface area contributed by atoms with Crippen LogP contribution in [0.2, 0.25) is 0 Å². The third kappa shape index (κ3) is 3.46. The van der Waals surface area contributed by atoms with Crippen LogP contribution in [0.15, 0.2) is 52.6 Å². The Hall–Kier alpha value is -2.67. The lowest BCUT2D eigenvalue weighted by Crippen LogP contribution is -2.29. The van der Waals surface area contributed by atoms with Crippen molar-refractivity contribution in [3.05, 3.63) is 59.5 Å². The number of carbonyl (C=O) groups excluding carboxylic acids is 1. The van der Waals surface area contributed by atoms with Gasteiger partial charge in [0.1, 0.15) is 11.5 Å². The predicted molar refractivity (Wildman–Crippen MR) is 94.6 cm³/mol. The number of thiocarbonyl (C=S) groups is 1. The van der Waals surface area contributed by atoms with Crippen molar-refractivity contribution in [2.45, 2.75) is 26.9 Å². The van der Waals surface area contributed by atoms with Gasteiger partial charge in [0.2, 0.25) is 0 Å². The molecule has 124 valence electrons. The molecule has 2 aromatic rings. The summed E-state index contributed by atoms with van der Waals surface area (Å²) in [5.74, 6) is 0.595. The van der Waals surface area contributed by atoms with Gasteiger partial charge in [-0.25, -0.2) is 0 Å². The van der Waals surface area contributed by atoms with Gasteiger partial charge in [-0.3, -0.25) is 14.4 Å². The second kappa shape index (κ2) is 6.84. The largest absolute Gasteiger partial charge is 0.465 e. The van der Waals surface area contributed by atoms with Gasteiger partial charge in [-0.05, 0) is 55.9 Å². The van der Waals surface area contributed by atoms with Crippen LogP contribution in [0.25, 0.3) is 6.08 Å². The van der Waals surface area contributed by atoms with Gasteiger partial charge in [-0.15, -0.1) is 0 Å². The van der Waals surface area contributed by atoms with Crippen molar-refractivity contribution in [2.24, 2.45) is 0 Å². The quantitative estimate of drug-likeness (QED) is 0.669. The number of nitrogens with zero attached hydrogens (tertiary/aromatic N) is 3. The van der Waals surface area contributed by atoms with E-state index in [4.69, 9.17) is 16.6 Å². The summed E-state index contributed by atoms with van der Waals surface area (Å²) in [4.78, 5) is 14.1. The highest BCUT2D eigenvalue weighted by Gasteiger charge is 2.30. The highest BCUT2D eigenvalue weighted by atomic mass is 32.1. The first-order valence-electron chi connectivity index (χ1n) is 7.64. The van der Waals surface area contributed by atoms with Crippen LogP contribution in [-0.2, 0) is 17.9 Å². The highest BCUT2D eigenvalue weighted by molar-refractivity contribution is 7.80. The average molecular weight is 342 g/mol. The van der Waals surface area contributed by atoms with E-state index in [0.29, 0.717) is 17.4 Å². The minimum absolute atomic E-state index is 0.142. The monoisotopic (exact) mass is 342 g/mol. The zero-order valence-corrected chi connectivity index (χ0v) is 14.3. The molecule has 0 aliphatic carbocycles. The van der Waals surface area contributed by atoms with E-state index in [1.807, 2.05) is 42.9 Å². The summed E-state index contributed by atoms with van der Waals surface area (Å²) in [6.45, 7) is 5.11. The fourth-order valence-corrected chi connectivity index (χ4v) is 2.68. The lowest BCUT2D eigenvalue weighted by molar-refractivity contribution is -0.122. The molecule has 0 radical (unpaired) electrons. The first-order chi connectivity index (χ1) is 11.6. The molecule has 0 atom stereocenters. The Labute approximate surface area is 145 Å². The maximum Gasteiger partial charge on any atom is 0.276 e. The molecule has 3 heterocycles. The van der Waals surface area contributed by atoms with Crippen molar-refractivity contribution in [3.8, 4) is 0 Å². The van der Waals surface area contributed by atoms with E-state index >= 15 is 0 Å². The summed E-state index contributed by atoms with van der Waals surface area (Å²) in [6.07, 6.45) is 8.91. The first kappa shape index (κ1) is 16.2. The SMILES string of the molecule is CCn1cc(CN2C(=O)/C(=C\C(C)=C\c3ccco3)NC2=S)cn1. The number of hydrogen-bond acceptors (Lipinski definition) is 4. The van der Waals surface area contributed by atoms with Crippen molar-refractivity contribution < 1.29 is 9.21 Å². The lowest BCUT2D eigenvalue weighted by Gasteiger charge is -2.12. The molecule has 1 amide bonds. The number of allylic oxidation sites excluding steroid dienone is 2. The van der Waals surface area contributed by atoms with Crippen LogP contribution < -0.4 is 5.32 Å². The van der Waals surface area contributed by atoms with E-state index in [1.165, 1.54) is 0 Å². The van der Waals surface area contributed by atoms with E-state index in [1.54, 1.807) is 23.4 Å². The summed E-state index contributed by atoms with van der Waals surface area (Å²) in [7, 11) is 0. The van der Waals surface area contributed by atoms with Crippen LogP contribution in [-0.4, -0.2) is 25.7 Å². The number of rotatable bonds is 5. The highest BCUT2D eigenvalue weighted by Crippen LogP contribution is 2.17. The normalized spacial score (nSPS) is 17.0. The summed E-state index contributed by atoms with van der Waals surface area (Å²) < 4.78 is 7.09. The number of carbonyl (C=O) groups is 1. The van der Waals surface area contributed by atoms with Gasteiger partial charge in [0.25, 0.3) is 5.91 Å². The van der Waals surface area contributed by atoms with Crippen LogP contribution in [0.4, 0.5) is 0 Å². The molecule has 1 fully saturated rings. The van der Waals surface area contributed by atoms with Gasteiger partial charge in [-0.1, -0.05) is 0 Å². The molecule has 1 aliphatic rings. The van der Waals surface area contributed by atoms with Crippen molar-refractivity contribution in [1.82, 2.24) is 20.0 Å². The number of aryl methyl sites for hydroxylation is 1. The first-order valence-corrected chi connectivity index (χ1v) is 8.05. The number of amides is 1. The molecule has 24 heavy (non-hydrogen) atoms. The molecule has 0 bridgehead atoms. The van der Waals surface area contributed by atoms with Gasteiger partial charge in [0.15, 0.2) is 5.11 Å². The third-order valence-corrected chi connectivity index (χ3v) is 3.92. The molecule has 1 N–H and O–H groups in total. The molecule has 6 nitrogen and oxygen atoms in total. The minimum Gasteiger partial charge on any atom is -0.465 e. The number of nitrogens with one attached hydrogen (secondary N) is 1. The summed E-state index contributed by atoms with van der Waals surface area (Å²) >= 11 is 5.29. The van der Waals surface area contributed by atoms with Gasteiger partial charge in [-0.2, -0.15) is 5.10 Å². The molecule has 7 heteroatoms. The molecule has 1 aliphatic heterocycles. The lowest BCUT2D eigenvalue weighted by atomic mass is 10.2. The van der Waals surface area contributed by atoms with E-state index in [0.717, 1.165) is 23.4 Å². The van der Waals surface area contributed by atoms with E-state index in [-0.39, 0.29) is 5.91 Å². The van der Waals surface area contributed by atoms with Gasteiger partial charge in [0.05, 0.1) is 19.0 Å². The van der Waals surface area contributed by atoms with Gasteiger partial charge in [0, 0.05) is 18.3 Å². The minimum atomic E-state index is -0.142. The van der Waals surface area contributed by atoms with E-state index in [9.17, 15) is 4.79 Å². The second-order valence-corrected chi connectivity index (χ2v) is 5.87. The number of furan rings is 1. The number of aromatic nitrogens is 2. The van der Waals surface area contributed by atoms with Crippen molar-refractivity contribution in [2.75, 3.05) is 0 Å². The summed E-state index contributed by atoms with van der Waals surface area (Å²) in [5.41, 5.74) is 2.30. The Morgan fingerprint density at radius 1 is 1.50 bits per heavy atom. The zero-order valence-electron chi connectivity index (χ0n) is 13.5. The number of hydrogen-bond donors (Lipinski definition) is 1. The maximum atomic E-state index is 12.6. The third-order valence-electron chi connectivity index (χ3n) is 3.60. The Morgan fingerprint density at radius 2 is 2.33 bits per heavy atom. The van der Waals surface area contributed by atoms with Crippen LogP contribution in [0.5, 0.6) is 0 Å². The Morgan fingerprint density at radius 3 is 3.00 bits per heavy atom. The smallest absolute Gasteiger partial charge is 0.276 e. The summed E-state index contributed by atoms with van der Waals surface area (Å²) in [5, 5.41) is 7.60. The van der Waals surface area contributed by atoms with Crippen molar-refractivity contribution in [3.63, 3.8) is 0 Å². The molecule has 0 saturated carbocycles. The summed E-state index contributed by atoms with van der Waals surface area (Å²) in [6, 6.07) is 3.67. The molecule has 0 spiro atoms. The molecule has 1 saturated heterocycles. The van der Waals surface area contributed by atoms with Crippen molar-refractivity contribution >= 4 is 29.3 Å². The van der Waals surface area contributed by atoms with Gasteiger partial charge < -0.3 is 9.73 Å². The van der Waals surface area contributed by atoms with Crippen LogP contribution in [0, 0.1) is 0 Å². The van der Waals surface area contributed by atoms with E-state index < -0.39 is 0 Å². The Balaban J connectivity index is 1.74. The Kier molecular flexibility index (Phi) is 4.61. The van der Waals surface area contributed by atoms with Crippen LogP contribution >= 0.6 is 12.2 Å².